The van der Waals surface area contributed by atoms with Crippen molar-refractivity contribution >= 4 is 62.0 Å². The molecule has 344 valence electrons. The summed E-state index contributed by atoms with van der Waals surface area (Å²) >= 11 is 0. The molecule has 2 aliphatic heterocycles. The first-order valence-electron chi connectivity index (χ1n) is 21.4. The molecule has 9 atom stereocenters. The van der Waals surface area contributed by atoms with Gasteiger partial charge in [-0.2, -0.15) is 0 Å². The van der Waals surface area contributed by atoms with Crippen LogP contribution in [-0.2, 0) is 23.8 Å². The minimum atomic E-state index is -1.98. The number of methoxy groups -OCH3 is 1. The Balaban J connectivity index is 1.65. The Kier molecular flexibility index (Phi) is 13.6. The average Bonchev–Trinajstić information content (AvgIpc) is 3.50. The third-order valence-corrected chi connectivity index (χ3v) is 12.5. The SMILES string of the molecule is CO[C@H]1/C=C/O[C@@]2(C)Oc3c(C)c(O)c4c(=O)c(c5oc6cc(N(C)CC(C)C)cc(=O)c6nc5c4c3=C2O)NC(=O)/C(C)=C\C=C\[C@H](C)[C@H](O)[C@@H](C)[C@@H](O)[C@@H](C)[C@H](OC(C)=O)[C@@H]1C. The van der Waals surface area contributed by atoms with Crippen molar-refractivity contribution in [3.8, 4) is 11.5 Å². The highest BCUT2D eigenvalue weighted by Crippen LogP contribution is 2.42. The maximum Gasteiger partial charge on any atom is 0.307 e. The number of carbonyl (C=O) groups excluding carboxylic acids is 2. The molecule has 64 heavy (non-hydrogen) atoms. The smallest absolute Gasteiger partial charge is 0.307 e. The van der Waals surface area contributed by atoms with Gasteiger partial charge >= 0.3 is 11.8 Å². The number of esters is 1. The topological polar surface area (TPSA) is 227 Å². The Morgan fingerprint density at radius 1 is 0.984 bits per heavy atom. The van der Waals surface area contributed by atoms with Crippen molar-refractivity contribution in [2.75, 3.05) is 30.9 Å². The highest BCUT2D eigenvalue weighted by atomic mass is 16.7. The van der Waals surface area contributed by atoms with Crippen LogP contribution in [0.2, 0.25) is 0 Å². The van der Waals surface area contributed by atoms with Gasteiger partial charge in [0.1, 0.15) is 28.8 Å². The fourth-order valence-electron chi connectivity index (χ4n) is 8.75. The first-order chi connectivity index (χ1) is 30.0. The molecule has 0 radical (unpaired) electrons. The second-order valence-corrected chi connectivity index (χ2v) is 17.8. The summed E-state index contributed by atoms with van der Waals surface area (Å²) in [5, 5.41) is 49.0. The number of aliphatic hydroxyl groups is 3. The number of aromatic hydroxyl groups is 1. The van der Waals surface area contributed by atoms with Gasteiger partial charge in [0.05, 0.1) is 35.2 Å². The van der Waals surface area contributed by atoms with Crippen molar-refractivity contribution in [3.05, 3.63) is 79.5 Å². The number of nitrogens with zero attached hydrogens (tertiary/aromatic N) is 2. The highest BCUT2D eigenvalue weighted by Gasteiger charge is 2.44. The first-order valence-corrected chi connectivity index (χ1v) is 21.4. The molecule has 0 aliphatic carbocycles. The van der Waals surface area contributed by atoms with Crippen LogP contribution >= 0.6 is 0 Å². The first kappa shape index (κ1) is 47.5. The molecular weight excluding hydrogens is 827 g/mol. The van der Waals surface area contributed by atoms with E-state index in [2.05, 4.69) is 5.32 Å². The molecule has 16 heteroatoms. The van der Waals surface area contributed by atoms with E-state index >= 15 is 0 Å². The van der Waals surface area contributed by atoms with Crippen molar-refractivity contribution in [1.29, 1.82) is 0 Å². The summed E-state index contributed by atoms with van der Waals surface area (Å²) < 4.78 is 30.3. The Morgan fingerprint density at radius 3 is 2.31 bits per heavy atom. The van der Waals surface area contributed by atoms with Crippen molar-refractivity contribution in [2.45, 2.75) is 99.4 Å². The van der Waals surface area contributed by atoms with Gasteiger partial charge in [0.2, 0.25) is 10.9 Å². The maximum atomic E-state index is 14.8. The van der Waals surface area contributed by atoms with E-state index in [0.717, 1.165) is 0 Å². The van der Waals surface area contributed by atoms with E-state index in [-0.39, 0.29) is 66.7 Å². The number of hydrogen-bond donors (Lipinski definition) is 5. The number of phenolic OH excluding ortho intramolecular Hbond substituents is 1. The Bertz CT molecular complexity index is 2780. The van der Waals surface area contributed by atoms with E-state index in [4.69, 9.17) is 28.3 Å². The number of aromatic nitrogens is 1. The van der Waals surface area contributed by atoms with Gasteiger partial charge in [-0.15, -0.1) is 0 Å². The zero-order chi connectivity index (χ0) is 47.3. The second kappa shape index (κ2) is 18.3. The number of allylic oxidation sites excluding steroid dienone is 2. The number of amides is 1. The molecule has 0 saturated carbocycles. The quantitative estimate of drug-likeness (QED) is 0.0927. The fraction of sp³-hybridized carbons (Fsp3) is 0.479. The summed E-state index contributed by atoms with van der Waals surface area (Å²) in [7, 11) is 3.27. The molecule has 2 aliphatic rings. The van der Waals surface area contributed by atoms with Crippen molar-refractivity contribution in [2.24, 2.45) is 29.6 Å². The van der Waals surface area contributed by atoms with E-state index in [1.54, 1.807) is 45.9 Å². The van der Waals surface area contributed by atoms with Crippen LogP contribution in [0.15, 0.2) is 62.3 Å². The molecule has 4 aromatic rings. The van der Waals surface area contributed by atoms with Crippen LogP contribution in [0.5, 0.6) is 11.5 Å². The molecule has 16 nitrogen and oxygen atoms in total. The van der Waals surface area contributed by atoms with Crippen molar-refractivity contribution in [1.82, 2.24) is 4.98 Å². The second-order valence-electron chi connectivity index (χ2n) is 17.8. The fourth-order valence-corrected chi connectivity index (χ4v) is 8.75. The lowest BCUT2D eigenvalue weighted by Crippen LogP contribution is -2.46. The lowest BCUT2D eigenvalue weighted by Gasteiger charge is -2.38. The Labute approximate surface area is 370 Å². The summed E-state index contributed by atoms with van der Waals surface area (Å²) in [6.45, 7) is 17.2. The maximum absolute atomic E-state index is 14.8. The van der Waals surface area contributed by atoms with E-state index < -0.39 is 88.1 Å². The monoisotopic (exact) mass is 885 g/mol. The van der Waals surface area contributed by atoms with Gasteiger partial charge in [0.15, 0.2) is 22.4 Å². The molecule has 0 spiro atoms. The molecule has 0 unspecified atom stereocenters. The van der Waals surface area contributed by atoms with E-state index in [1.807, 2.05) is 25.8 Å². The molecule has 3 aromatic carbocycles. The van der Waals surface area contributed by atoms with Gasteiger partial charge in [0, 0.05) is 92.6 Å². The minimum absolute atomic E-state index is 0.0121. The number of rotatable bonds is 5. The van der Waals surface area contributed by atoms with Crippen LogP contribution in [0.1, 0.15) is 67.9 Å². The number of fused-ring (bicyclic) bond motifs is 2. The summed E-state index contributed by atoms with van der Waals surface area (Å²) in [6.07, 6.45) is 3.53. The number of carbonyl (C=O) groups is 2. The van der Waals surface area contributed by atoms with Crippen LogP contribution in [0.25, 0.3) is 38.7 Å². The van der Waals surface area contributed by atoms with Gasteiger partial charge < -0.3 is 54.0 Å². The standard InChI is InChI=1S/C48H59N3O13/c1-21(2)20-51(11)29-18-30(53)36-32(19-29)63-45-37(49-36)33-34-41(56)27(8)44-35(33)46(58)48(10,64-44)61-17-16-31(60-12)24(5)43(62-28(9)52)26(7)40(55)25(6)39(54)22(3)14-13-15-23(4)47(59)50-38(45)42(34)57/h13-19,21-22,24-26,31,39-40,43,54-56,58H,20H2,1-12H3,(H,50,59)/b14-13+,17-16+,23-15-/t22-,24+,25+,26+,31-,39-,40+,43+,48-/m0/s1. The van der Waals surface area contributed by atoms with E-state index in [1.165, 1.54) is 59.3 Å². The molecular formula is C48H59N3O13. The summed E-state index contributed by atoms with van der Waals surface area (Å²) in [5.74, 6) is -6.69. The third-order valence-electron chi connectivity index (χ3n) is 12.5. The normalized spacial score (nSPS) is 28.8. The lowest BCUT2D eigenvalue weighted by molar-refractivity contribution is -0.160. The number of anilines is 2. The van der Waals surface area contributed by atoms with Crippen molar-refractivity contribution < 1.29 is 53.4 Å². The summed E-state index contributed by atoms with van der Waals surface area (Å²) in [5.41, 5.74) is -1.55. The number of aliphatic hydroxyl groups excluding tert-OH is 3. The van der Waals surface area contributed by atoms with Crippen LogP contribution < -0.4 is 31.0 Å². The lowest BCUT2D eigenvalue weighted by atomic mass is 9.78. The highest BCUT2D eigenvalue weighted by molar-refractivity contribution is 6.16. The summed E-state index contributed by atoms with van der Waals surface area (Å²) in [6, 6.07) is 3.03. The zero-order valence-corrected chi connectivity index (χ0v) is 38.3. The molecule has 6 rings (SSSR count). The average molecular weight is 886 g/mol. The zero-order valence-electron chi connectivity index (χ0n) is 38.3. The van der Waals surface area contributed by atoms with Crippen LogP contribution in [0.4, 0.5) is 11.4 Å². The van der Waals surface area contributed by atoms with Crippen LogP contribution in [-0.4, -0.2) is 88.2 Å². The molecule has 3 heterocycles. The molecule has 1 amide bonds. The number of benzene rings is 3. The van der Waals surface area contributed by atoms with E-state index in [9.17, 15) is 39.6 Å². The Morgan fingerprint density at radius 2 is 1.67 bits per heavy atom. The number of nitrogens with one attached hydrogen (secondary N) is 1. The van der Waals surface area contributed by atoms with Crippen molar-refractivity contribution in [3.63, 3.8) is 0 Å². The molecule has 5 N–H and O–H groups in total. The Hall–Kier alpha value is -5.97. The number of phenols is 1. The molecule has 0 fully saturated rings. The predicted octanol–water partition coefficient (Wildman–Crippen LogP) is 5.65. The van der Waals surface area contributed by atoms with Gasteiger partial charge in [0.25, 0.3) is 5.91 Å². The number of hydrogen-bond acceptors (Lipinski definition) is 15. The summed E-state index contributed by atoms with van der Waals surface area (Å²) in [4.78, 5) is 61.5. The van der Waals surface area contributed by atoms with Crippen LogP contribution in [0, 0.1) is 36.5 Å². The van der Waals surface area contributed by atoms with Gasteiger partial charge in [-0.3, -0.25) is 19.2 Å². The molecule has 4 bridgehead atoms. The van der Waals surface area contributed by atoms with Gasteiger partial charge in [-0.25, -0.2) is 4.98 Å². The largest absolute Gasteiger partial charge is 0.507 e. The van der Waals surface area contributed by atoms with Crippen LogP contribution in [0.3, 0.4) is 0 Å². The molecule has 0 saturated heterocycles. The van der Waals surface area contributed by atoms with E-state index in [0.29, 0.717) is 12.2 Å². The minimum Gasteiger partial charge on any atom is -0.507 e. The van der Waals surface area contributed by atoms with Gasteiger partial charge in [-0.1, -0.05) is 59.8 Å². The third kappa shape index (κ3) is 8.65. The van der Waals surface area contributed by atoms with Gasteiger partial charge in [-0.05, 0) is 25.8 Å². The molecule has 1 aromatic heterocycles. The number of ether oxygens (including phenoxy) is 4. The predicted molar refractivity (Wildman–Crippen MR) is 243 cm³/mol.